The van der Waals surface area contributed by atoms with E-state index in [9.17, 15) is 8.42 Å². The highest BCUT2D eigenvalue weighted by molar-refractivity contribution is 7.91. The molecule has 0 radical (unpaired) electrons. The normalized spacial score (nSPS) is 12.3. The molecule has 0 bridgehead atoms. The average Bonchev–Trinajstić information content (AvgIpc) is 2.35. The number of nitrogens with two attached hydrogens (primary N) is 1. The monoisotopic (exact) mass is 217 g/mol. The third-order valence-electron chi connectivity index (χ3n) is 2.14. The van der Waals surface area contributed by atoms with Crippen molar-refractivity contribution in [2.24, 2.45) is 7.05 Å². The molecule has 6 heteroatoms. The molecule has 0 saturated heterocycles. The third-order valence-corrected chi connectivity index (χ3v) is 4.29. The van der Waals surface area contributed by atoms with Gasteiger partial charge >= 0.3 is 0 Å². The van der Waals surface area contributed by atoms with Crippen molar-refractivity contribution in [2.75, 3.05) is 5.73 Å². The molecule has 0 saturated carbocycles. The molecular formula is C8H15N3O2S. The van der Waals surface area contributed by atoms with Gasteiger partial charge in [-0.15, -0.1) is 0 Å². The number of rotatable bonds is 3. The van der Waals surface area contributed by atoms with Crippen LogP contribution in [0, 0.1) is 0 Å². The second kappa shape index (κ2) is 3.61. The molecule has 1 heterocycles. The Kier molecular flexibility index (Phi) is 2.84. The highest BCUT2D eigenvalue weighted by Crippen LogP contribution is 2.15. The molecule has 80 valence electrons. The molecule has 0 aliphatic rings. The number of sulfone groups is 1. The zero-order valence-corrected chi connectivity index (χ0v) is 9.37. The van der Waals surface area contributed by atoms with Gasteiger partial charge in [-0.1, -0.05) is 0 Å². The minimum atomic E-state index is -3.09. The van der Waals surface area contributed by atoms with Crippen LogP contribution in [-0.4, -0.2) is 23.4 Å². The lowest BCUT2D eigenvalue weighted by Gasteiger charge is -2.06. The van der Waals surface area contributed by atoms with Gasteiger partial charge < -0.3 is 5.73 Å². The number of nitrogen functional groups attached to an aromatic ring is 1. The maximum atomic E-state index is 11.6. The minimum Gasteiger partial charge on any atom is -0.384 e. The topological polar surface area (TPSA) is 78.0 Å². The van der Waals surface area contributed by atoms with Crippen LogP contribution in [0.1, 0.15) is 19.4 Å². The van der Waals surface area contributed by atoms with Gasteiger partial charge in [0.25, 0.3) is 0 Å². The minimum absolute atomic E-state index is 0.0374. The van der Waals surface area contributed by atoms with E-state index in [2.05, 4.69) is 5.10 Å². The molecular weight excluding hydrogens is 202 g/mol. The Morgan fingerprint density at radius 1 is 1.57 bits per heavy atom. The number of hydrogen-bond acceptors (Lipinski definition) is 4. The predicted molar refractivity (Wildman–Crippen MR) is 55.4 cm³/mol. The van der Waals surface area contributed by atoms with Crippen LogP contribution < -0.4 is 5.73 Å². The maximum Gasteiger partial charge on any atom is 0.156 e. The molecule has 0 fully saturated rings. The van der Waals surface area contributed by atoms with E-state index in [1.54, 1.807) is 20.9 Å². The molecule has 2 N–H and O–H groups in total. The van der Waals surface area contributed by atoms with Gasteiger partial charge in [0.1, 0.15) is 5.82 Å². The van der Waals surface area contributed by atoms with Crippen LogP contribution in [0.15, 0.2) is 6.20 Å². The van der Waals surface area contributed by atoms with Crippen molar-refractivity contribution in [1.29, 1.82) is 0 Å². The molecule has 14 heavy (non-hydrogen) atoms. The van der Waals surface area contributed by atoms with Gasteiger partial charge in [0, 0.05) is 12.6 Å². The Morgan fingerprint density at radius 3 is 2.50 bits per heavy atom. The molecule has 0 aromatic carbocycles. The van der Waals surface area contributed by atoms with Crippen molar-refractivity contribution in [1.82, 2.24) is 9.78 Å². The van der Waals surface area contributed by atoms with Gasteiger partial charge in [-0.3, -0.25) is 4.68 Å². The van der Waals surface area contributed by atoms with E-state index in [0.717, 1.165) is 0 Å². The van der Waals surface area contributed by atoms with E-state index in [1.807, 2.05) is 0 Å². The number of nitrogens with zero attached hydrogens (tertiary/aromatic N) is 2. The first-order chi connectivity index (χ1) is 6.34. The highest BCUT2D eigenvalue weighted by Gasteiger charge is 2.19. The largest absolute Gasteiger partial charge is 0.384 e. The lowest BCUT2D eigenvalue weighted by molar-refractivity contribution is 0.586. The fraction of sp³-hybridized carbons (Fsp3) is 0.625. The molecule has 0 spiro atoms. The predicted octanol–water partition coefficient (Wildman–Crippen LogP) is 0.326. The van der Waals surface area contributed by atoms with E-state index in [-0.39, 0.29) is 11.0 Å². The van der Waals surface area contributed by atoms with E-state index in [4.69, 9.17) is 5.73 Å². The first kappa shape index (κ1) is 11.0. The summed E-state index contributed by atoms with van der Waals surface area (Å²) in [4.78, 5) is 0. The molecule has 0 amide bonds. The Hall–Kier alpha value is -1.04. The summed E-state index contributed by atoms with van der Waals surface area (Å²) in [7, 11) is -1.41. The Labute approximate surface area is 83.8 Å². The van der Waals surface area contributed by atoms with Crippen LogP contribution in [0.25, 0.3) is 0 Å². The van der Waals surface area contributed by atoms with Crippen LogP contribution in [0.5, 0.6) is 0 Å². The molecule has 1 rings (SSSR count). The van der Waals surface area contributed by atoms with E-state index < -0.39 is 9.84 Å². The summed E-state index contributed by atoms with van der Waals surface area (Å²) < 4.78 is 24.6. The lowest BCUT2D eigenvalue weighted by atomic mass is 10.4. The zero-order valence-electron chi connectivity index (χ0n) is 8.56. The van der Waals surface area contributed by atoms with Gasteiger partial charge in [-0.05, 0) is 13.8 Å². The first-order valence-electron chi connectivity index (χ1n) is 4.32. The second-order valence-electron chi connectivity index (χ2n) is 3.53. The Balaban J connectivity index is 2.96. The smallest absolute Gasteiger partial charge is 0.156 e. The fourth-order valence-electron chi connectivity index (χ4n) is 0.987. The number of aryl methyl sites for hydroxylation is 1. The molecule has 1 aromatic heterocycles. The first-order valence-corrected chi connectivity index (χ1v) is 6.04. The standard InChI is InChI=1S/C8H15N3O2S/c1-6(2)14(12,13)5-7-4-10-11(3)8(7)9/h4,6H,5,9H2,1-3H3. The number of aromatic nitrogens is 2. The van der Waals surface area contributed by atoms with E-state index in [0.29, 0.717) is 11.4 Å². The van der Waals surface area contributed by atoms with Crippen LogP contribution in [0.3, 0.4) is 0 Å². The average molecular weight is 217 g/mol. The SMILES string of the molecule is CC(C)S(=O)(=O)Cc1cnn(C)c1N. The summed E-state index contributed by atoms with van der Waals surface area (Å²) in [5.74, 6) is 0.374. The molecule has 0 aliphatic heterocycles. The summed E-state index contributed by atoms with van der Waals surface area (Å²) in [5, 5.41) is 3.50. The van der Waals surface area contributed by atoms with Crippen molar-refractivity contribution in [3.63, 3.8) is 0 Å². The number of hydrogen-bond donors (Lipinski definition) is 1. The van der Waals surface area contributed by atoms with Crippen LogP contribution in [-0.2, 0) is 22.6 Å². The molecule has 5 nitrogen and oxygen atoms in total. The quantitative estimate of drug-likeness (QED) is 0.791. The van der Waals surface area contributed by atoms with Gasteiger partial charge in [0.15, 0.2) is 9.84 Å². The molecule has 0 atom stereocenters. The lowest BCUT2D eigenvalue weighted by Crippen LogP contribution is -2.16. The Morgan fingerprint density at radius 2 is 2.14 bits per heavy atom. The van der Waals surface area contributed by atoms with Crippen molar-refractivity contribution < 1.29 is 8.42 Å². The van der Waals surface area contributed by atoms with Gasteiger partial charge in [0.05, 0.1) is 17.2 Å². The summed E-state index contributed by atoms with van der Waals surface area (Å²) in [5.41, 5.74) is 6.22. The van der Waals surface area contributed by atoms with Gasteiger partial charge in [0.2, 0.25) is 0 Å². The van der Waals surface area contributed by atoms with Crippen LogP contribution in [0.4, 0.5) is 5.82 Å². The van der Waals surface area contributed by atoms with Crippen LogP contribution >= 0.6 is 0 Å². The van der Waals surface area contributed by atoms with Gasteiger partial charge in [-0.2, -0.15) is 5.10 Å². The fourth-order valence-corrected chi connectivity index (χ4v) is 1.98. The van der Waals surface area contributed by atoms with Crippen molar-refractivity contribution in [2.45, 2.75) is 24.9 Å². The van der Waals surface area contributed by atoms with E-state index >= 15 is 0 Å². The summed E-state index contributed by atoms with van der Waals surface area (Å²) >= 11 is 0. The van der Waals surface area contributed by atoms with Gasteiger partial charge in [-0.25, -0.2) is 8.42 Å². The van der Waals surface area contributed by atoms with E-state index in [1.165, 1.54) is 10.9 Å². The zero-order chi connectivity index (χ0) is 10.9. The van der Waals surface area contributed by atoms with Crippen molar-refractivity contribution >= 4 is 15.7 Å². The summed E-state index contributed by atoms with van der Waals surface area (Å²) in [6, 6.07) is 0. The highest BCUT2D eigenvalue weighted by atomic mass is 32.2. The molecule has 1 aromatic rings. The third kappa shape index (κ3) is 2.06. The number of anilines is 1. The van der Waals surface area contributed by atoms with Crippen molar-refractivity contribution in [3.05, 3.63) is 11.8 Å². The summed E-state index contributed by atoms with van der Waals surface area (Å²) in [6.45, 7) is 3.31. The maximum absolute atomic E-state index is 11.6. The molecule has 0 unspecified atom stereocenters. The molecule has 0 aliphatic carbocycles. The summed E-state index contributed by atoms with van der Waals surface area (Å²) in [6.07, 6.45) is 1.50. The second-order valence-corrected chi connectivity index (χ2v) is 6.09. The Bertz CT molecular complexity index is 420. The van der Waals surface area contributed by atoms with Crippen molar-refractivity contribution in [3.8, 4) is 0 Å². The van der Waals surface area contributed by atoms with Crippen LogP contribution in [0.2, 0.25) is 0 Å².